The van der Waals surface area contributed by atoms with Gasteiger partial charge in [-0.2, -0.15) is 0 Å². The lowest BCUT2D eigenvalue weighted by Crippen LogP contribution is -1.82. The van der Waals surface area contributed by atoms with Gasteiger partial charge in [-0.25, -0.2) is 0 Å². The molecule has 68 valence electrons. The maximum Gasteiger partial charge on any atom is -0.0161 e. The molecule has 0 aliphatic carbocycles. The molecular weight excluding hydrogens is 156 g/mol. The molecule has 0 atom stereocenters. The van der Waals surface area contributed by atoms with E-state index in [9.17, 15) is 0 Å². The lowest BCUT2D eigenvalue weighted by Gasteiger charge is -2.03. The zero-order valence-corrected chi connectivity index (χ0v) is 8.38. The van der Waals surface area contributed by atoms with Crippen LogP contribution in [0.15, 0.2) is 36.9 Å². The van der Waals surface area contributed by atoms with Crippen LogP contribution in [0, 0.1) is 0 Å². The maximum absolute atomic E-state index is 3.96. The molecule has 0 heterocycles. The smallest absolute Gasteiger partial charge is 0.0161 e. The van der Waals surface area contributed by atoms with Crippen molar-refractivity contribution in [2.24, 2.45) is 0 Å². The Morgan fingerprint density at radius 3 is 2.69 bits per heavy atom. The second kappa shape index (κ2) is 4.66. The van der Waals surface area contributed by atoms with E-state index >= 15 is 0 Å². The van der Waals surface area contributed by atoms with E-state index in [4.69, 9.17) is 0 Å². The van der Waals surface area contributed by atoms with Gasteiger partial charge in [-0.1, -0.05) is 55.5 Å². The number of allylic oxidation sites excluding steroid dienone is 2. The third-order valence-electron chi connectivity index (χ3n) is 1.95. The minimum Gasteiger partial charge on any atom is -0.0955 e. The summed E-state index contributed by atoms with van der Waals surface area (Å²) >= 11 is 0. The zero-order valence-electron chi connectivity index (χ0n) is 8.38. The second-order valence-electron chi connectivity index (χ2n) is 3.18. The van der Waals surface area contributed by atoms with Gasteiger partial charge in [0.15, 0.2) is 0 Å². The van der Waals surface area contributed by atoms with Crippen molar-refractivity contribution in [3.63, 3.8) is 0 Å². The Balaban J connectivity index is 3.05. The Hall–Kier alpha value is -1.30. The molecule has 0 aliphatic heterocycles. The van der Waals surface area contributed by atoms with Gasteiger partial charge in [-0.05, 0) is 24.5 Å². The Morgan fingerprint density at radius 2 is 2.08 bits per heavy atom. The van der Waals surface area contributed by atoms with Gasteiger partial charge in [-0.15, -0.1) is 0 Å². The minimum atomic E-state index is 1.07. The molecule has 0 nitrogen and oxygen atoms in total. The van der Waals surface area contributed by atoms with E-state index in [-0.39, 0.29) is 0 Å². The van der Waals surface area contributed by atoms with E-state index in [1.54, 1.807) is 0 Å². The molecule has 0 amide bonds. The van der Waals surface area contributed by atoms with Gasteiger partial charge in [0.25, 0.3) is 0 Å². The highest BCUT2D eigenvalue weighted by Gasteiger charge is 1.97. The molecule has 0 fully saturated rings. The predicted octanol–water partition coefficient (Wildman–Crippen LogP) is 4.14. The second-order valence-corrected chi connectivity index (χ2v) is 3.18. The van der Waals surface area contributed by atoms with Gasteiger partial charge < -0.3 is 0 Å². The van der Waals surface area contributed by atoms with Gasteiger partial charge in [0.1, 0.15) is 0 Å². The Labute approximate surface area is 80.6 Å². The summed E-state index contributed by atoms with van der Waals surface area (Å²) in [5.41, 5.74) is 3.63. The summed E-state index contributed by atoms with van der Waals surface area (Å²) in [6.07, 6.45) is 5.40. The van der Waals surface area contributed by atoms with Crippen molar-refractivity contribution < 1.29 is 0 Å². The van der Waals surface area contributed by atoms with Crippen LogP contribution in [0.4, 0.5) is 0 Å². The summed E-state index contributed by atoms with van der Waals surface area (Å²) in [5, 5.41) is 0. The molecule has 0 heteroatoms. The van der Waals surface area contributed by atoms with E-state index in [2.05, 4.69) is 43.9 Å². The van der Waals surface area contributed by atoms with Crippen molar-refractivity contribution in [2.45, 2.75) is 20.3 Å². The van der Waals surface area contributed by atoms with Crippen LogP contribution >= 0.6 is 0 Å². The number of hydrogen-bond donors (Lipinski definition) is 0. The van der Waals surface area contributed by atoms with Crippen LogP contribution in [0.5, 0.6) is 0 Å². The number of hydrogen-bond acceptors (Lipinski definition) is 0. The molecule has 0 aromatic heterocycles. The summed E-state index contributed by atoms with van der Waals surface area (Å²) in [6, 6.07) is 8.34. The number of benzene rings is 1. The lowest BCUT2D eigenvalue weighted by molar-refractivity contribution is 1.23. The molecule has 0 unspecified atom stereocenters. The highest BCUT2D eigenvalue weighted by molar-refractivity contribution is 5.71. The van der Waals surface area contributed by atoms with E-state index in [0.29, 0.717) is 0 Å². The fourth-order valence-corrected chi connectivity index (χ4v) is 1.28. The molecule has 1 aromatic carbocycles. The fraction of sp³-hybridized carbons (Fsp3) is 0.231. The van der Waals surface area contributed by atoms with Gasteiger partial charge in [0, 0.05) is 0 Å². The summed E-state index contributed by atoms with van der Waals surface area (Å²) in [6.45, 7) is 8.14. The summed E-state index contributed by atoms with van der Waals surface area (Å²) < 4.78 is 0. The van der Waals surface area contributed by atoms with Crippen LogP contribution in [0.2, 0.25) is 0 Å². The summed E-state index contributed by atoms with van der Waals surface area (Å²) in [4.78, 5) is 0. The quantitative estimate of drug-likeness (QED) is 0.642. The molecule has 1 aromatic rings. The third kappa shape index (κ3) is 2.59. The largest absolute Gasteiger partial charge is 0.0955 e. The third-order valence-corrected chi connectivity index (χ3v) is 1.95. The standard InChI is InChI=1S/C13H16/c1-4-5-8-12-9-6-7-10-13(12)11(2)3/h5-10H,2,4H2,1,3H3/b8-5+. The molecule has 13 heavy (non-hydrogen) atoms. The van der Waals surface area contributed by atoms with Crippen molar-refractivity contribution in [2.75, 3.05) is 0 Å². The van der Waals surface area contributed by atoms with Gasteiger partial charge in [0.05, 0.1) is 0 Å². The van der Waals surface area contributed by atoms with Gasteiger partial charge in [0.2, 0.25) is 0 Å². The van der Waals surface area contributed by atoms with Crippen molar-refractivity contribution in [1.82, 2.24) is 0 Å². The van der Waals surface area contributed by atoms with Crippen molar-refractivity contribution in [3.05, 3.63) is 48.0 Å². The minimum absolute atomic E-state index is 1.07. The van der Waals surface area contributed by atoms with E-state index < -0.39 is 0 Å². The predicted molar refractivity (Wildman–Crippen MR) is 60.5 cm³/mol. The highest BCUT2D eigenvalue weighted by Crippen LogP contribution is 2.18. The van der Waals surface area contributed by atoms with Gasteiger partial charge in [-0.3, -0.25) is 0 Å². The molecule has 0 saturated carbocycles. The molecule has 0 aliphatic rings. The van der Waals surface area contributed by atoms with E-state index in [0.717, 1.165) is 12.0 Å². The van der Waals surface area contributed by atoms with Crippen LogP contribution < -0.4 is 0 Å². The van der Waals surface area contributed by atoms with Crippen molar-refractivity contribution >= 4 is 11.6 Å². The average Bonchev–Trinajstić information content (AvgIpc) is 2.15. The first-order chi connectivity index (χ1) is 6.25. The first kappa shape index (κ1) is 9.79. The molecule has 0 bridgehead atoms. The molecule has 1 rings (SSSR count). The molecule has 0 saturated heterocycles. The molecule has 0 N–H and O–H groups in total. The molecule has 0 radical (unpaired) electrons. The molecular formula is C13H16. The molecule has 0 spiro atoms. The average molecular weight is 172 g/mol. The lowest BCUT2D eigenvalue weighted by atomic mass is 10.0. The van der Waals surface area contributed by atoms with Crippen molar-refractivity contribution in [3.8, 4) is 0 Å². The van der Waals surface area contributed by atoms with E-state index in [1.807, 2.05) is 13.0 Å². The maximum atomic E-state index is 3.96. The van der Waals surface area contributed by atoms with Gasteiger partial charge >= 0.3 is 0 Å². The summed E-state index contributed by atoms with van der Waals surface area (Å²) in [5.74, 6) is 0. The first-order valence-electron chi connectivity index (χ1n) is 4.67. The van der Waals surface area contributed by atoms with Crippen LogP contribution in [0.1, 0.15) is 31.4 Å². The van der Waals surface area contributed by atoms with Crippen molar-refractivity contribution in [1.29, 1.82) is 0 Å². The Morgan fingerprint density at radius 1 is 1.38 bits per heavy atom. The Bertz CT molecular complexity index is 319. The normalized spacial score (nSPS) is 10.6. The summed E-state index contributed by atoms with van der Waals surface area (Å²) in [7, 11) is 0. The van der Waals surface area contributed by atoms with Crippen LogP contribution in [-0.4, -0.2) is 0 Å². The fourth-order valence-electron chi connectivity index (χ4n) is 1.28. The van der Waals surface area contributed by atoms with Crippen LogP contribution in [0.3, 0.4) is 0 Å². The Kier molecular flexibility index (Phi) is 3.51. The van der Waals surface area contributed by atoms with Crippen LogP contribution in [0.25, 0.3) is 11.6 Å². The highest BCUT2D eigenvalue weighted by atomic mass is 14.0. The number of rotatable bonds is 3. The topological polar surface area (TPSA) is 0 Å². The first-order valence-corrected chi connectivity index (χ1v) is 4.67. The SMILES string of the molecule is C=C(C)c1ccccc1/C=C/CC. The van der Waals surface area contributed by atoms with E-state index in [1.165, 1.54) is 11.1 Å². The monoisotopic (exact) mass is 172 g/mol. The zero-order chi connectivity index (χ0) is 9.68. The van der Waals surface area contributed by atoms with Crippen LogP contribution in [-0.2, 0) is 0 Å².